The molecule has 23 heavy (non-hydrogen) atoms. The van der Waals surface area contributed by atoms with E-state index in [9.17, 15) is 0 Å². The molecule has 6 heteroatoms. The summed E-state index contributed by atoms with van der Waals surface area (Å²) in [6.07, 6.45) is 3.73. The van der Waals surface area contributed by atoms with Crippen molar-refractivity contribution in [2.45, 2.75) is 33.1 Å². The zero-order valence-electron chi connectivity index (χ0n) is 15.1. The summed E-state index contributed by atoms with van der Waals surface area (Å²) in [6, 6.07) is 0. The zero-order chi connectivity index (χ0) is 15.8. The Hall–Kier alpha value is -0.0800. The largest absolute Gasteiger partial charge is 0.381 e. The van der Waals surface area contributed by atoms with Crippen LogP contribution in [-0.2, 0) is 4.74 Å². The molecule has 0 saturated carbocycles. The van der Waals surface area contributed by atoms with E-state index >= 15 is 0 Å². The van der Waals surface area contributed by atoms with E-state index in [1.165, 1.54) is 38.9 Å². The second-order valence-corrected chi connectivity index (χ2v) is 6.76. The van der Waals surface area contributed by atoms with Crippen molar-refractivity contribution >= 4 is 29.9 Å². The van der Waals surface area contributed by atoms with Gasteiger partial charge in [0.1, 0.15) is 0 Å². The summed E-state index contributed by atoms with van der Waals surface area (Å²) in [5.41, 5.74) is 0. The zero-order valence-corrected chi connectivity index (χ0v) is 17.4. The van der Waals surface area contributed by atoms with Gasteiger partial charge in [-0.05, 0) is 45.2 Å². The number of nitrogens with zero attached hydrogens (tertiary/aromatic N) is 3. The molecular weight excluding hydrogens is 403 g/mol. The maximum atomic E-state index is 5.48. The van der Waals surface area contributed by atoms with Crippen LogP contribution >= 0.6 is 24.0 Å². The summed E-state index contributed by atoms with van der Waals surface area (Å²) in [7, 11) is 2.15. The Morgan fingerprint density at radius 1 is 1.30 bits per heavy atom. The molecule has 0 aromatic carbocycles. The Morgan fingerprint density at radius 3 is 2.78 bits per heavy atom. The Labute approximate surface area is 159 Å². The molecule has 0 bridgehead atoms. The van der Waals surface area contributed by atoms with Gasteiger partial charge < -0.3 is 19.9 Å². The van der Waals surface area contributed by atoms with Crippen LogP contribution in [0.2, 0.25) is 0 Å². The molecule has 2 rings (SSSR count). The molecule has 0 radical (unpaired) electrons. The van der Waals surface area contributed by atoms with Gasteiger partial charge in [-0.2, -0.15) is 0 Å². The van der Waals surface area contributed by atoms with Gasteiger partial charge in [-0.1, -0.05) is 6.92 Å². The summed E-state index contributed by atoms with van der Waals surface area (Å²) in [5, 5.41) is 3.44. The molecule has 2 unspecified atom stereocenters. The molecule has 0 aliphatic carbocycles. The van der Waals surface area contributed by atoms with Gasteiger partial charge in [0, 0.05) is 45.8 Å². The molecule has 5 nitrogen and oxygen atoms in total. The fourth-order valence-electron chi connectivity index (χ4n) is 3.47. The van der Waals surface area contributed by atoms with Gasteiger partial charge in [-0.25, -0.2) is 0 Å². The van der Waals surface area contributed by atoms with Crippen molar-refractivity contribution < 1.29 is 4.74 Å². The second-order valence-electron chi connectivity index (χ2n) is 6.76. The van der Waals surface area contributed by atoms with E-state index in [2.05, 4.69) is 36.0 Å². The van der Waals surface area contributed by atoms with Crippen LogP contribution in [0.15, 0.2) is 4.99 Å². The van der Waals surface area contributed by atoms with E-state index in [1.807, 2.05) is 0 Å². The number of likely N-dealkylation sites (tertiary alicyclic amines) is 1. The van der Waals surface area contributed by atoms with Crippen LogP contribution in [0.4, 0.5) is 0 Å². The summed E-state index contributed by atoms with van der Waals surface area (Å²) in [4.78, 5) is 9.75. The highest BCUT2D eigenvalue weighted by Crippen LogP contribution is 2.17. The van der Waals surface area contributed by atoms with Crippen molar-refractivity contribution in [1.29, 1.82) is 0 Å². The number of guanidine groups is 1. The first-order valence-corrected chi connectivity index (χ1v) is 9.02. The molecular formula is C17H35IN4O. The smallest absolute Gasteiger partial charge is 0.193 e. The molecule has 2 saturated heterocycles. The molecule has 0 aromatic heterocycles. The summed E-state index contributed by atoms with van der Waals surface area (Å²) in [6.45, 7) is 12.8. The van der Waals surface area contributed by atoms with Gasteiger partial charge in [0.15, 0.2) is 5.96 Å². The van der Waals surface area contributed by atoms with Crippen molar-refractivity contribution in [3.63, 3.8) is 0 Å². The molecule has 136 valence electrons. The highest BCUT2D eigenvalue weighted by Gasteiger charge is 2.22. The first-order chi connectivity index (χ1) is 10.7. The minimum atomic E-state index is 0. The topological polar surface area (TPSA) is 40.1 Å². The van der Waals surface area contributed by atoms with Gasteiger partial charge >= 0.3 is 0 Å². The van der Waals surface area contributed by atoms with Crippen LogP contribution in [0.25, 0.3) is 0 Å². The number of hydrogen-bond acceptors (Lipinski definition) is 3. The van der Waals surface area contributed by atoms with Crippen LogP contribution < -0.4 is 5.32 Å². The fraction of sp³-hybridized carbons (Fsp3) is 0.941. The molecule has 0 amide bonds. The quantitative estimate of drug-likeness (QED) is 0.376. The lowest BCUT2D eigenvalue weighted by Crippen LogP contribution is -2.41. The third-order valence-corrected chi connectivity index (χ3v) is 4.66. The standard InChI is InChI=1S/C17H34N4O.HI/c1-4-8-21-9-6-15(13-21)11-19-17(18-5-2)20(3)12-16-7-10-22-14-16;/h15-16H,4-14H2,1-3H3,(H,18,19);1H. The third-order valence-electron chi connectivity index (χ3n) is 4.66. The van der Waals surface area contributed by atoms with Gasteiger partial charge in [0.25, 0.3) is 0 Å². The van der Waals surface area contributed by atoms with Crippen molar-refractivity contribution in [2.75, 3.05) is 59.5 Å². The van der Waals surface area contributed by atoms with E-state index < -0.39 is 0 Å². The lowest BCUT2D eigenvalue weighted by Gasteiger charge is -2.25. The average Bonchev–Trinajstić information content (AvgIpc) is 3.15. The van der Waals surface area contributed by atoms with E-state index in [1.54, 1.807) is 0 Å². The Bertz CT molecular complexity index is 347. The molecule has 2 aliphatic heterocycles. The normalized spacial score (nSPS) is 25.4. The van der Waals surface area contributed by atoms with Crippen LogP contribution in [0.3, 0.4) is 0 Å². The van der Waals surface area contributed by atoms with Crippen molar-refractivity contribution in [1.82, 2.24) is 15.1 Å². The Balaban J connectivity index is 0.00000264. The van der Waals surface area contributed by atoms with Crippen LogP contribution in [0.5, 0.6) is 0 Å². The first-order valence-electron chi connectivity index (χ1n) is 9.02. The number of rotatable bonds is 7. The fourth-order valence-corrected chi connectivity index (χ4v) is 3.47. The predicted octanol–water partition coefficient (Wildman–Crippen LogP) is 2.27. The van der Waals surface area contributed by atoms with Crippen molar-refractivity contribution in [3.8, 4) is 0 Å². The molecule has 1 N–H and O–H groups in total. The lowest BCUT2D eigenvalue weighted by atomic mass is 10.1. The predicted molar refractivity (Wildman–Crippen MR) is 108 cm³/mol. The molecule has 2 aliphatic rings. The van der Waals surface area contributed by atoms with Crippen molar-refractivity contribution in [2.24, 2.45) is 16.8 Å². The maximum absolute atomic E-state index is 5.48. The number of aliphatic imine (C=N–C) groups is 1. The van der Waals surface area contributed by atoms with Gasteiger partial charge in [0.05, 0.1) is 6.61 Å². The molecule has 2 heterocycles. The molecule has 2 fully saturated rings. The van der Waals surface area contributed by atoms with E-state index in [0.717, 1.165) is 44.7 Å². The van der Waals surface area contributed by atoms with Gasteiger partial charge in [-0.3, -0.25) is 4.99 Å². The van der Waals surface area contributed by atoms with Crippen LogP contribution in [0.1, 0.15) is 33.1 Å². The third kappa shape index (κ3) is 7.13. The second kappa shape index (κ2) is 11.5. The average molecular weight is 438 g/mol. The van der Waals surface area contributed by atoms with E-state index in [4.69, 9.17) is 9.73 Å². The monoisotopic (exact) mass is 438 g/mol. The molecule has 0 spiro atoms. The number of nitrogens with one attached hydrogen (secondary N) is 1. The Kier molecular flexibility index (Phi) is 10.5. The van der Waals surface area contributed by atoms with Crippen molar-refractivity contribution in [3.05, 3.63) is 0 Å². The highest BCUT2D eigenvalue weighted by atomic mass is 127. The minimum absolute atomic E-state index is 0. The first kappa shape index (κ1) is 21.0. The lowest BCUT2D eigenvalue weighted by molar-refractivity contribution is 0.181. The summed E-state index contributed by atoms with van der Waals surface area (Å²) in [5.74, 6) is 2.44. The summed E-state index contributed by atoms with van der Waals surface area (Å²) >= 11 is 0. The SMILES string of the molecule is CCCN1CCC(CN=C(NCC)N(C)CC2CCOC2)C1.I. The Morgan fingerprint density at radius 2 is 2.13 bits per heavy atom. The van der Waals surface area contributed by atoms with E-state index in [0.29, 0.717) is 5.92 Å². The summed E-state index contributed by atoms with van der Waals surface area (Å²) < 4.78 is 5.48. The number of ether oxygens (including phenoxy) is 1. The van der Waals surface area contributed by atoms with Gasteiger partial charge in [-0.15, -0.1) is 24.0 Å². The van der Waals surface area contributed by atoms with E-state index in [-0.39, 0.29) is 24.0 Å². The van der Waals surface area contributed by atoms with Gasteiger partial charge in [0.2, 0.25) is 0 Å². The maximum Gasteiger partial charge on any atom is 0.193 e. The molecule has 0 aromatic rings. The number of hydrogen-bond donors (Lipinski definition) is 1. The molecule has 2 atom stereocenters. The van der Waals surface area contributed by atoms with Crippen LogP contribution in [0, 0.1) is 11.8 Å². The highest BCUT2D eigenvalue weighted by molar-refractivity contribution is 14.0. The van der Waals surface area contributed by atoms with Crippen LogP contribution in [-0.4, -0.2) is 75.3 Å². The minimum Gasteiger partial charge on any atom is -0.381 e. The number of halogens is 1.